The Kier molecular flexibility index (Phi) is 6.88. The molecule has 3 aromatic carbocycles. The molecule has 0 aliphatic carbocycles. The van der Waals surface area contributed by atoms with Crippen molar-refractivity contribution in [1.82, 2.24) is 9.80 Å². The monoisotopic (exact) mass is 507 g/mol. The Bertz CT molecular complexity index is 1360. The van der Waals surface area contributed by atoms with Gasteiger partial charge in [-0.05, 0) is 41.5 Å². The molecule has 1 amide bonds. The summed E-state index contributed by atoms with van der Waals surface area (Å²) in [6, 6.07) is 30.4. The maximum Gasteiger partial charge on any atom is 0.255 e. The maximum absolute atomic E-state index is 13.9. The van der Waals surface area contributed by atoms with Crippen LogP contribution in [0.4, 0.5) is 5.69 Å². The molecule has 3 heterocycles. The third-order valence-corrected chi connectivity index (χ3v) is 7.84. The molecule has 2 aliphatic heterocycles. The number of furan rings is 1. The molecule has 4 aromatic rings. The van der Waals surface area contributed by atoms with Gasteiger partial charge in [0.25, 0.3) is 5.91 Å². The zero-order valence-corrected chi connectivity index (χ0v) is 21.7. The topological polar surface area (TPSA) is 49.2 Å². The maximum atomic E-state index is 13.9. The van der Waals surface area contributed by atoms with Crippen molar-refractivity contribution < 1.29 is 13.9 Å². The van der Waals surface area contributed by atoms with Crippen LogP contribution in [-0.2, 0) is 6.54 Å². The van der Waals surface area contributed by atoms with Gasteiger partial charge in [-0.3, -0.25) is 9.69 Å². The summed E-state index contributed by atoms with van der Waals surface area (Å²) in [5.41, 5.74) is 4.22. The third-order valence-electron chi connectivity index (χ3n) is 7.84. The summed E-state index contributed by atoms with van der Waals surface area (Å²) >= 11 is 0. The van der Waals surface area contributed by atoms with Crippen molar-refractivity contribution in [3.05, 3.63) is 120 Å². The van der Waals surface area contributed by atoms with E-state index in [1.54, 1.807) is 13.4 Å². The standard InChI is InChI=1S/C32H33N3O3/c1-37-26-12-7-11-25(21-26)34-18-16-33(17-19-34)23-29-27-13-5-6-14-28(27)32(36)35(22-24-9-3-2-4-10-24)31(29)30-15-8-20-38-30/h2-15,20-21,29,31H,16-19,22-23H2,1H3/t29-,31-/m0/s1. The normalized spacial score (nSPS) is 19.9. The number of anilines is 1. The average Bonchev–Trinajstić information content (AvgIpc) is 3.51. The van der Waals surface area contributed by atoms with Crippen LogP contribution in [0.3, 0.4) is 0 Å². The zero-order chi connectivity index (χ0) is 25.9. The molecule has 2 aliphatic rings. The number of carbonyl (C=O) groups excluding carboxylic acids is 1. The number of hydrogen-bond acceptors (Lipinski definition) is 5. The molecule has 1 aromatic heterocycles. The predicted octanol–water partition coefficient (Wildman–Crippen LogP) is 5.59. The van der Waals surface area contributed by atoms with Gasteiger partial charge in [-0.1, -0.05) is 54.6 Å². The molecule has 1 saturated heterocycles. The van der Waals surface area contributed by atoms with Gasteiger partial charge in [0.1, 0.15) is 11.5 Å². The van der Waals surface area contributed by atoms with Crippen molar-refractivity contribution in [1.29, 1.82) is 0 Å². The van der Waals surface area contributed by atoms with Gasteiger partial charge < -0.3 is 19.0 Å². The highest BCUT2D eigenvalue weighted by molar-refractivity contribution is 5.97. The Morgan fingerprint density at radius 1 is 0.868 bits per heavy atom. The fraction of sp³-hybridized carbons (Fsp3) is 0.281. The van der Waals surface area contributed by atoms with E-state index in [-0.39, 0.29) is 17.9 Å². The fourth-order valence-electron chi connectivity index (χ4n) is 5.92. The van der Waals surface area contributed by atoms with E-state index in [0.29, 0.717) is 6.54 Å². The highest BCUT2D eigenvalue weighted by atomic mass is 16.5. The second kappa shape index (κ2) is 10.8. The van der Waals surface area contributed by atoms with Gasteiger partial charge in [0.2, 0.25) is 0 Å². The minimum absolute atomic E-state index is 0.0601. The molecule has 6 rings (SSSR count). The molecule has 0 bridgehead atoms. The van der Waals surface area contributed by atoms with Gasteiger partial charge in [-0.15, -0.1) is 0 Å². The highest BCUT2D eigenvalue weighted by Crippen LogP contribution is 2.44. The predicted molar refractivity (Wildman–Crippen MR) is 149 cm³/mol. The van der Waals surface area contributed by atoms with Crippen LogP contribution in [0, 0.1) is 0 Å². The van der Waals surface area contributed by atoms with Crippen LogP contribution in [-0.4, -0.2) is 55.5 Å². The van der Waals surface area contributed by atoms with Crippen LogP contribution >= 0.6 is 0 Å². The second-order valence-electron chi connectivity index (χ2n) is 10.1. The Labute approximate surface area is 224 Å². The van der Waals surface area contributed by atoms with E-state index < -0.39 is 0 Å². The summed E-state index contributed by atoms with van der Waals surface area (Å²) < 4.78 is 11.4. The second-order valence-corrected chi connectivity index (χ2v) is 10.1. The number of ether oxygens (including phenoxy) is 1. The largest absolute Gasteiger partial charge is 0.497 e. The first-order chi connectivity index (χ1) is 18.7. The lowest BCUT2D eigenvalue weighted by atomic mass is 9.81. The molecule has 0 radical (unpaired) electrons. The lowest BCUT2D eigenvalue weighted by Crippen LogP contribution is -2.50. The van der Waals surface area contributed by atoms with E-state index in [9.17, 15) is 4.79 Å². The quantitative estimate of drug-likeness (QED) is 0.326. The summed E-state index contributed by atoms with van der Waals surface area (Å²) in [4.78, 5) is 20.8. The number of rotatable bonds is 7. The van der Waals surface area contributed by atoms with Crippen LogP contribution in [0.25, 0.3) is 0 Å². The number of fused-ring (bicyclic) bond motifs is 1. The minimum Gasteiger partial charge on any atom is -0.497 e. The van der Waals surface area contributed by atoms with Gasteiger partial charge in [0.05, 0.1) is 19.4 Å². The first-order valence-corrected chi connectivity index (χ1v) is 13.3. The van der Waals surface area contributed by atoms with Crippen LogP contribution in [0.1, 0.15) is 39.2 Å². The molecule has 0 N–H and O–H groups in total. The van der Waals surface area contributed by atoms with Crippen molar-refractivity contribution in [2.75, 3.05) is 44.7 Å². The summed E-state index contributed by atoms with van der Waals surface area (Å²) in [5, 5.41) is 0. The number of amides is 1. The van der Waals surface area contributed by atoms with E-state index >= 15 is 0 Å². The average molecular weight is 508 g/mol. The first-order valence-electron chi connectivity index (χ1n) is 13.3. The molecule has 194 valence electrons. The number of piperazine rings is 1. The molecule has 0 unspecified atom stereocenters. The summed E-state index contributed by atoms with van der Waals surface area (Å²) in [6.07, 6.45) is 1.71. The number of methoxy groups -OCH3 is 1. The zero-order valence-electron chi connectivity index (χ0n) is 21.7. The van der Waals surface area contributed by atoms with Crippen molar-refractivity contribution >= 4 is 11.6 Å². The first kappa shape index (κ1) is 24.3. The molecule has 0 spiro atoms. The molecule has 6 heteroatoms. The third kappa shape index (κ3) is 4.79. The fourth-order valence-corrected chi connectivity index (χ4v) is 5.92. The molecule has 2 atom stereocenters. The molecular formula is C32H33N3O3. The summed E-state index contributed by atoms with van der Waals surface area (Å²) in [5.74, 6) is 1.88. The number of hydrogen-bond donors (Lipinski definition) is 0. The summed E-state index contributed by atoms with van der Waals surface area (Å²) in [6.45, 7) is 5.19. The van der Waals surface area contributed by atoms with Gasteiger partial charge >= 0.3 is 0 Å². The van der Waals surface area contributed by atoms with E-state index in [2.05, 4.69) is 40.1 Å². The Hall–Kier alpha value is -4.03. The highest BCUT2D eigenvalue weighted by Gasteiger charge is 2.42. The van der Waals surface area contributed by atoms with Crippen molar-refractivity contribution in [3.8, 4) is 5.75 Å². The minimum atomic E-state index is -0.177. The number of carbonyl (C=O) groups is 1. The lowest BCUT2D eigenvalue weighted by molar-refractivity contribution is 0.0517. The number of benzene rings is 3. The van der Waals surface area contributed by atoms with E-state index in [0.717, 1.165) is 60.9 Å². The molecule has 0 saturated carbocycles. The van der Waals surface area contributed by atoms with E-state index in [4.69, 9.17) is 9.15 Å². The van der Waals surface area contributed by atoms with Crippen LogP contribution < -0.4 is 9.64 Å². The smallest absolute Gasteiger partial charge is 0.255 e. The van der Waals surface area contributed by atoms with Crippen LogP contribution in [0.5, 0.6) is 5.75 Å². The van der Waals surface area contributed by atoms with Crippen LogP contribution in [0.2, 0.25) is 0 Å². The Morgan fingerprint density at radius 2 is 1.66 bits per heavy atom. The lowest BCUT2D eigenvalue weighted by Gasteiger charge is -2.44. The van der Waals surface area contributed by atoms with Gasteiger partial charge in [0, 0.05) is 62.5 Å². The molecule has 38 heavy (non-hydrogen) atoms. The Morgan fingerprint density at radius 3 is 2.42 bits per heavy atom. The Balaban J connectivity index is 1.28. The van der Waals surface area contributed by atoms with Crippen molar-refractivity contribution in [2.24, 2.45) is 0 Å². The molecule has 1 fully saturated rings. The van der Waals surface area contributed by atoms with Crippen molar-refractivity contribution in [3.63, 3.8) is 0 Å². The van der Waals surface area contributed by atoms with Crippen LogP contribution in [0.15, 0.2) is 102 Å². The van der Waals surface area contributed by atoms with Crippen molar-refractivity contribution in [2.45, 2.75) is 18.5 Å². The molecular weight excluding hydrogens is 474 g/mol. The molecule has 6 nitrogen and oxygen atoms in total. The number of nitrogens with zero attached hydrogens (tertiary/aromatic N) is 3. The summed E-state index contributed by atoms with van der Waals surface area (Å²) in [7, 11) is 1.71. The van der Waals surface area contributed by atoms with E-state index in [1.807, 2.05) is 65.6 Å². The van der Waals surface area contributed by atoms with E-state index in [1.165, 1.54) is 5.69 Å². The van der Waals surface area contributed by atoms with Gasteiger partial charge in [-0.2, -0.15) is 0 Å². The van der Waals surface area contributed by atoms with Gasteiger partial charge in [0.15, 0.2) is 0 Å². The van der Waals surface area contributed by atoms with Gasteiger partial charge in [-0.25, -0.2) is 0 Å². The SMILES string of the molecule is COc1cccc(N2CCN(C[C@H]3c4ccccc4C(=O)N(Cc4ccccc4)[C@@H]3c3ccco3)CC2)c1.